The Morgan fingerprint density at radius 3 is 2.50 bits per heavy atom. The second-order valence-corrected chi connectivity index (χ2v) is 6.55. The maximum atomic E-state index is 12.4. The summed E-state index contributed by atoms with van der Waals surface area (Å²) in [6, 6.07) is 4.68. The van der Waals surface area contributed by atoms with Gasteiger partial charge < -0.3 is 10.0 Å². The summed E-state index contributed by atoms with van der Waals surface area (Å²) >= 11 is 1.62. The van der Waals surface area contributed by atoms with Crippen LogP contribution in [0, 0.1) is 13.8 Å². The van der Waals surface area contributed by atoms with Gasteiger partial charge in [0.1, 0.15) is 0 Å². The predicted molar refractivity (Wildman–Crippen MR) is 85.7 cm³/mol. The number of aryl methyl sites for hydroxylation is 2. The molecule has 0 atom stereocenters. The zero-order valence-electron chi connectivity index (χ0n) is 12.8. The van der Waals surface area contributed by atoms with E-state index in [0.717, 1.165) is 15.4 Å². The molecule has 2 rings (SSSR count). The first kappa shape index (κ1) is 16.2. The summed E-state index contributed by atoms with van der Waals surface area (Å²) in [5.41, 5.74) is 1.29. The van der Waals surface area contributed by atoms with E-state index in [4.69, 9.17) is 5.11 Å². The monoisotopic (exact) mass is 318 g/mol. The van der Waals surface area contributed by atoms with E-state index < -0.39 is 5.97 Å². The smallest absolute Gasteiger partial charge is 0.335 e. The number of carbonyl (C=O) groups is 2. The Morgan fingerprint density at radius 2 is 1.91 bits per heavy atom. The van der Waals surface area contributed by atoms with E-state index in [9.17, 15) is 9.59 Å². The highest BCUT2D eigenvalue weighted by Crippen LogP contribution is 2.14. The summed E-state index contributed by atoms with van der Waals surface area (Å²) in [5, 5.41) is 10.1. The molecule has 116 valence electrons. The number of carbonyl (C=O) groups excluding carboxylic acids is 1. The number of hydrogen-bond donors (Lipinski definition) is 1. The van der Waals surface area contributed by atoms with Crippen molar-refractivity contribution < 1.29 is 14.7 Å². The number of thiazole rings is 1. The minimum Gasteiger partial charge on any atom is -0.478 e. The quantitative estimate of drug-likeness (QED) is 0.920. The van der Waals surface area contributed by atoms with E-state index in [0.29, 0.717) is 18.5 Å². The van der Waals surface area contributed by atoms with E-state index in [-0.39, 0.29) is 11.5 Å². The normalized spacial score (nSPS) is 10.5. The van der Waals surface area contributed by atoms with E-state index in [1.54, 1.807) is 42.3 Å². The van der Waals surface area contributed by atoms with Gasteiger partial charge in [0, 0.05) is 36.7 Å². The van der Waals surface area contributed by atoms with Crippen LogP contribution < -0.4 is 0 Å². The van der Waals surface area contributed by atoms with E-state index in [1.807, 2.05) is 13.1 Å². The van der Waals surface area contributed by atoms with Gasteiger partial charge in [-0.25, -0.2) is 9.78 Å². The van der Waals surface area contributed by atoms with Gasteiger partial charge in [-0.15, -0.1) is 11.3 Å². The first-order chi connectivity index (χ1) is 10.4. The van der Waals surface area contributed by atoms with Crippen LogP contribution in [0.25, 0.3) is 0 Å². The summed E-state index contributed by atoms with van der Waals surface area (Å²) in [5.74, 6) is -1.21. The zero-order valence-corrected chi connectivity index (χ0v) is 13.6. The third kappa shape index (κ3) is 3.92. The number of benzene rings is 1. The molecule has 0 bridgehead atoms. The van der Waals surface area contributed by atoms with Gasteiger partial charge in [0.15, 0.2) is 0 Å². The standard InChI is InChI=1S/C16H18N2O3S/c1-10-6-12(8-13(7-10)16(20)21)15(19)18(3)5-4-14-17-9-11(2)22-14/h6-9H,4-5H2,1-3H3,(H,20,21). The molecule has 0 spiro atoms. The van der Waals surface area contributed by atoms with Crippen LogP contribution >= 0.6 is 11.3 Å². The molecule has 5 nitrogen and oxygen atoms in total. The van der Waals surface area contributed by atoms with Crippen molar-refractivity contribution in [2.75, 3.05) is 13.6 Å². The third-order valence-electron chi connectivity index (χ3n) is 3.25. The van der Waals surface area contributed by atoms with Gasteiger partial charge in [-0.3, -0.25) is 4.79 Å². The van der Waals surface area contributed by atoms with Gasteiger partial charge in [0.25, 0.3) is 5.91 Å². The molecular formula is C16H18N2O3S. The van der Waals surface area contributed by atoms with Crippen molar-refractivity contribution in [2.45, 2.75) is 20.3 Å². The Labute approximate surface area is 133 Å². The molecule has 0 saturated carbocycles. The number of nitrogens with zero attached hydrogens (tertiary/aromatic N) is 2. The van der Waals surface area contributed by atoms with Crippen molar-refractivity contribution in [3.05, 3.63) is 51.0 Å². The molecule has 2 aromatic rings. The van der Waals surface area contributed by atoms with Crippen molar-refractivity contribution in [3.8, 4) is 0 Å². The molecule has 1 aromatic heterocycles. The van der Waals surface area contributed by atoms with Crippen molar-refractivity contribution in [3.63, 3.8) is 0 Å². The highest BCUT2D eigenvalue weighted by Gasteiger charge is 2.15. The van der Waals surface area contributed by atoms with Crippen LogP contribution in [0.2, 0.25) is 0 Å². The first-order valence-corrected chi connectivity index (χ1v) is 7.70. The summed E-state index contributed by atoms with van der Waals surface area (Å²) in [6.45, 7) is 4.32. The Balaban J connectivity index is 2.08. The number of aromatic carboxylic acids is 1. The number of likely N-dealkylation sites (N-methyl/N-ethyl adjacent to an activating group) is 1. The molecule has 1 N–H and O–H groups in total. The molecule has 0 fully saturated rings. The van der Waals surface area contributed by atoms with Gasteiger partial charge in [-0.2, -0.15) is 0 Å². The molecule has 0 aliphatic carbocycles. The molecular weight excluding hydrogens is 300 g/mol. The highest BCUT2D eigenvalue weighted by atomic mass is 32.1. The van der Waals surface area contributed by atoms with Gasteiger partial charge in [0.2, 0.25) is 0 Å². The van der Waals surface area contributed by atoms with Crippen LogP contribution in [0.4, 0.5) is 0 Å². The molecule has 0 radical (unpaired) electrons. The topological polar surface area (TPSA) is 70.5 Å². The minimum absolute atomic E-state index is 0.132. The summed E-state index contributed by atoms with van der Waals surface area (Å²) in [7, 11) is 1.71. The largest absolute Gasteiger partial charge is 0.478 e. The lowest BCUT2D eigenvalue weighted by atomic mass is 10.1. The minimum atomic E-state index is -1.03. The molecule has 1 heterocycles. The Morgan fingerprint density at radius 1 is 1.23 bits per heavy atom. The second kappa shape index (κ2) is 6.70. The Bertz CT molecular complexity index is 709. The fourth-order valence-electron chi connectivity index (χ4n) is 2.13. The predicted octanol–water partition coefficient (Wildman–Crippen LogP) is 2.77. The zero-order chi connectivity index (χ0) is 16.3. The van der Waals surface area contributed by atoms with E-state index in [2.05, 4.69) is 4.98 Å². The first-order valence-electron chi connectivity index (χ1n) is 6.88. The fraction of sp³-hybridized carbons (Fsp3) is 0.312. The number of amides is 1. The maximum absolute atomic E-state index is 12.4. The molecule has 0 aliphatic heterocycles. The number of carboxylic acids is 1. The Kier molecular flexibility index (Phi) is 4.92. The summed E-state index contributed by atoms with van der Waals surface area (Å²) in [6.07, 6.45) is 2.51. The fourth-order valence-corrected chi connectivity index (χ4v) is 2.91. The lowest BCUT2D eigenvalue weighted by Gasteiger charge is -2.17. The average Bonchev–Trinajstić information content (AvgIpc) is 2.88. The van der Waals surface area contributed by atoms with Crippen LogP contribution in [0.1, 0.15) is 36.2 Å². The van der Waals surface area contributed by atoms with Gasteiger partial charge in [-0.1, -0.05) is 0 Å². The van der Waals surface area contributed by atoms with Gasteiger partial charge in [0.05, 0.1) is 10.6 Å². The Hall–Kier alpha value is -2.21. The molecule has 6 heteroatoms. The lowest BCUT2D eigenvalue weighted by molar-refractivity contribution is 0.0696. The van der Waals surface area contributed by atoms with Crippen molar-refractivity contribution in [2.24, 2.45) is 0 Å². The van der Waals surface area contributed by atoms with Crippen LogP contribution in [-0.2, 0) is 6.42 Å². The molecule has 1 amide bonds. The lowest BCUT2D eigenvalue weighted by Crippen LogP contribution is -2.29. The second-order valence-electron chi connectivity index (χ2n) is 5.23. The van der Waals surface area contributed by atoms with Crippen molar-refractivity contribution >= 4 is 23.2 Å². The third-order valence-corrected chi connectivity index (χ3v) is 4.22. The number of hydrogen-bond acceptors (Lipinski definition) is 4. The number of rotatable bonds is 5. The molecule has 0 saturated heterocycles. The van der Waals surface area contributed by atoms with Crippen LogP contribution in [0.15, 0.2) is 24.4 Å². The van der Waals surface area contributed by atoms with Crippen LogP contribution in [0.3, 0.4) is 0 Å². The maximum Gasteiger partial charge on any atom is 0.335 e. The highest BCUT2D eigenvalue weighted by molar-refractivity contribution is 7.11. The van der Waals surface area contributed by atoms with Crippen molar-refractivity contribution in [1.29, 1.82) is 0 Å². The van der Waals surface area contributed by atoms with Crippen LogP contribution in [-0.4, -0.2) is 40.5 Å². The molecule has 22 heavy (non-hydrogen) atoms. The van der Waals surface area contributed by atoms with Gasteiger partial charge >= 0.3 is 5.97 Å². The molecule has 0 unspecified atom stereocenters. The summed E-state index contributed by atoms with van der Waals surface area (Å²) in [4.78, 5) is 30.5. The average molecular weight is 318 g/mol. The van der Waals surface area contributed by atoms with E-state index in [1.165, 1.54) is 6.07 Å². The van der Waals surface area contributed by atoms with Gasteiger partial charge in [-0.05, 0) is 37.6 Å². The summed E-state index contributed by atoms with van der Waals surface area (Å²) < 4.78 is 0. The molecule has 1 aromatic carbocycles. The molecule has 0 aliphatic rings. The number of aromatic nitrogens is 1. The van der Waals surface area contributed by atoms with Crippen LogP contribution in [0.5, 0.6) is 0 Å². The SMILES string of the molecule is Cc1cc(C(=O)O)cc(C(=O)N(C)CCc2ncc(C)s2)c1. The van der Waals surface area contributed by atoms with E-state index >= 15 is 0 Å². The number of carboxylic acid groups (broad SMARTS) is 1. The van der Waals surface area contributed by atoms with Crippen molar-refractivity contribution in [1.82, 2.24) is 9.88 Å².